The van der Waals surface area contributed by atoms with Crippen molar-refractivity contribution in [3.8, 4) is 11.5 Å². The van der Waals surface area contributed by atoms with Crippen LogP contribution >= 0.6 is 0 Å². The van der Waals surface area contributed by atoms with Crippen molar-refractivity contribution >= 4 is 23.9 Å². The van der Waals surface area contributed by atoms with E-state index >= 15 is 0 Å². The fourth-order valence-corrected chi connectivity index (χ4v) is 3.75. The average molecular weight is 544 g/mol. The number of hydrogen-bond acceptors (Lipinski definition) is 8. The molecule has 2 unspecified atom stereocenters. The molecular formula is C28H37N3O8. The highest BCUT2D eigenvalue weighted by molar-refractivity contribution is 5.92. The van der Waals surface area contributed by atoms with Gasteiger partial charge in [-0.25, -0.2) is 4.79 Å². The molecule has 0 aliphatic rings. The molecule has 0 heterocycles. The summed E-state index contributed by atoms with van der Waals surface area (Å²) in [6, 6.07) is 9.76. The van der Waals surface area contributed by atoms with Crippen LogP contribution in [0.5, 0.6) is 11.5 Å². The van der Waals surface area contributed by atoms with E-state index in [4.69, 9.17) is 9.47 Å². The molecule has 3 amide bonds. The number of hydrogen-bond donors (Lipinski definition) is 4. The lowest BCUT2D eigenvalue weighted by molar-refractivity contribution is -0.143. The van der Waals surface area contributed by atoms with Crippen LogP contribution in [0, 0.1) is 0 Å². The first kappa shape index (κ1) is 30.9. The first-order valence-electron chi connectivity index (χ1n) is 12.6. The van der Waals surface area contributed by atoms with Crippen LogP contribution in [0.2, 0.25) is 0 Å². The number of likely N-dealkylation sites (N-methyl/N-ethyl adjacent to an activating group) is 1. The summed E-state index contributed by atoms with van der Waals surface area (Å²) in [7, 11) is 1.38. The van der Waals surface area contributed by atoms with E-state index in [2.05, 4.69) is 10.6 Å². The molecule has 212 valence electrons. The zero-order valence-corrected chi connectivity index (χ0v) is 22.9. The van der Waals surface area contributed by atoms with Crippen molar-refractivity contribution in [2.75, 3.05) is 20.2 Å². The lowest BCUT2D eigenvalue weighted by atomic mass is 10.00. The number of nitrogens with one attached hydrogen (secondary N) is 2. The van der Waals surface area contributed by atoms with Gasteiger partial charge in [0.1, 0.15) is 29.2 Å². The van der Waals surface area contributed by atoms with Gasteiger partial charge in [0.2, 0.25) is 11.8 Å². The first-order chi connectivity index (χ1) is 18.3. The van der Waals surface area contributed by atoms with Gasteiger partial charge in [0.25, 0.3) is 0 Å². The molecule has 39 heavy (non-hydrogen) atoms. The summed E-state index contributed by atoms with van der Waals surface area (Å²) in [6.07, 6.45) is -0.874. The molecule has 11 heteroatoms. The Morgan fingerprint density at radius 3 is 2.23 bits per heavy atom. The molecule has 0 saturated heterocycles. The molecule has 2 rings (SSSR count). The Balaban J connectivity index is 2.36. The van der Waals surface area contributed by atoms with E-state index in [9.17, 15) is 29.4 Å². The second-order valence-electron chi connectivity index (χ2n) is 9.83. The van der Waals surface area contributed by atoms with Crippen LogP contribution in [-0.2, 0) is 30.3 Å². The van der Waals surface area contributed by atoms with Crippen molar-refractivity contribution in [2.24, 2.45) is 0 Å². The monoisotopic (exact) mass is 543 g/mol. The number of ether oxygens (including phenoxy) is 2. The highest BCUT2D eigenvalue weighted by Crippen LogP contribution is 2.29. The molecule has 2 aromatic carbocycles. The van der Waals surface area contributed by atoms with E-state index in [0.717, 1.165) is 4.90 Å². The predicted octanol–water partition coefficient (Wildman–Crippen LogP) is 2.80. The van der Waals surface area contributed by atoms with E-state index in [1.54, 1.807) is 52.0 Å². The van der Waals surface area contributed by atoms with Crippen LogP contribution < -0.4 is 10.6 Å². The SMILES string of the molecule is CCOC(=O)CCNC(=O)C(c1ccccc1O)N(C)C(=O)C(Cc1ccc(O)cc1)NC(=O)OC(C)(C)C. The number of aromatic hydroxyl groups is 2. The van der Waals surface area contributed by atoms with E-state index in [1.807, 2.05) is 0 Å². The molecule has 0 aromatic heterocycles. The summed E-state index contributed by atoms with van der Waals surface area (Å²) in [6.45, 7) is 6.89. The zero-order chi connectivity index (χ0) is 29.2. The topological polar surface area (TPSA) is 154 Å². The molecule has 2 aromatic rings. The normalized spacial score (nSPS) is 12.5. The highest BCUT2D eigenvalue weighted by Gasteiger charge is 2.35. The van der Waals surface area contributed by atoms with Crippen molar-refractivity contribution < 1.29 is 38.9 Å². The molecule has 2 atom stereocenters. The van der Waals surface area contributed by atoms with Crippen molar-refractivity contribution in [2.45, 2.75) is 58.2 Å². The molecule has 0 bridgehead atoms. The van der Waals surface area contributed by atoms with Gasteiger partial charge in [-0.15, -0.1) is 0 Å². The predicted molar refractivity (Wildman–Crippen MR) is 143 cm³/mol. The maximum absolute atomic E-state index is 13.8. The summed E-state index contributed by atoms with van der Waals surface area (Å²) < 4.78 is 10.2. The van der Waals surface area contributed by atoms with Gasteiger partial charge in [-0.3, -0.25) is 14.4 Å². The minimum Gasteiger partial charge on any atom is -0.508 e. The Labute approximate surface area is 228 Å². The lowest BCUT2D eigenvalue weighted by Gasteiger charge is -2.32. The van der Waals surface area contributed by atoms with Crippen LogP contribution in [0.3, 0.4) is 0 Å². The number of rotatable bonds is 11. The Kier molecular flexibility index (Phi) is 11.1. The van der Waals surface area contributed by atoms with Gasteiger partial charge in [-0.05, 0) is 51.5 Å². The van der Waals surface area contributed by atoms with E-state index in [-0.39, 0.29) is 43.1 Å². The summed E-state index contributed by atoms with van der Waals surface area (Å²) in [5.41, 5.74) is -0.0320. The largest absolute Gasteiger partial charge is 0.508 e. The maximum Gasteiger partial charge on any atom is 0.408 e. The molecule has 0 spiro atoms. The van der Waals surface area contributed by atoms with Crippen LogP contribution in [0.1, 0.15) is 51.3 Å². The number of para-hydroxylation sites is 1. The van der Waals surface area contributed by atoms with Crippen LogP contribution in [0.15, 0.2) is 48.5 Å². The average Bonchev–Trinajstić information content (AvgIpc) is 2.84. The summed E-state index contributed by atoms with van der Waals surface area (Å²) in [5, 5.41) is 25.3. The minimum atomic E-state index is -1.29. The minimum absolute atomic E-state index is 0.0284. The number of amides is 3. The van der Waals surface area contributed by atoms with Crippen molar-refractivity contribution in [1.82, 2.24) is 15.5 Å². The second kappa shape index (κ2) is 14.0. The van der Waals surface area contributed by atoms with Gasteiger partial charge in [0.15, 0.2) is 0 Å². The molecule has 0 saturated carbocycles. The van der Waals surface area contributed by atoms with Gasteiger partial charge in [0, 0.05) is 25.6 Å². The molecule has 0 aliphatic heterocycles. The summed E-state index contributed by atoms with van der Waals surface area (Å²) in [5.74, 6) is -1.94. The lowest BCUT2D eigenvalue weighted by Crippen LogP contribution is -2.52. The summed E-state index contributed by atoms with van der Waals surface area (Å²) >= 11 is 0. The number of alkyl carbamates (subject to hydrolysis) is 1. The molecule has 11 nitrogen and oxygen atoms in total. The van der Waals surface area contributed by atoms with Gasteiger partial charge < -0.3 is 35.2 Å². The number of carbonyl (C=O) groups excluding carboxylic acids is 4. The fourth-order valence-electron chi connectivity index (χ4n) is 3.75. The van der Waals surface area contributed by atoms with Gasteiger partial charge in [0.05, 0.1) is 13.0 Å². The summed E-state index contributed by atoms with van der Waals surface area (Å²) in [4.78, 5) is 52.5. The van der Waals surface area contributed by atoms with Crippen molar-refractivity contribution in [1.29, 1.82) is 0 Å². The number of esters is 1. The molecular weight excluding hydrogens is 506 g/mol. The quantitative estimate of drug-likeness (QED) is 0.316. The Bertz CT molecular complexity index is 1140. The molecule has 4 N–H and O–H groups in total. The zero-order valence-electron chi connectivity index (χ0n) is 22.9. The fraction of sp³-hybridized carbons (Fsp3) is 0.429. The Hall–Kier alpha value is -4.28. The van der Waals surface area contributed by atoms with E-state index in [0.29, 0.717) is 5.56 Å². The third-order valence-corrected chi connectivity index (χ3v) is 5.51. The van der Waals surface area contributed by atoms with Crippen molar-refractivity contribution in [3.63, 3.8) is 0 Å². The molecule has 0 fully saturated rings. The van der Waals surface area contributed by atoms with Gasteiger partial charge in [-0.1, -0.05) is 30.3 Å². The third-order valence-electron chi connectivity index (χ3n) is 5.51. The van der Waals surface area contributed by atoms with Crippen LogP contribution in [0.4, 0.5) is 4.79 Å². The molecule has 0 radical (unpaired) electrons. The smallest absolute Gasteiger partial charge is 0.408 e. The van der Waals surface area contributed by atoms with Crippen molar-refractivity contribution in [3.05, 3.63) is 59.7 Å². The third kappa shape index (κ3) is 9.84. The number of nitrogens with zero attached hydrogens (tertiary/aromatic N) is 1. The van der Waals surface area contributed by atoms with E-state index < -0.39 is 41.6 Å². The first-order valence-corrected chi connectivity index (χ1v) is 12.6. The molecule has 0 aliphatic carbocycles. The standard InChI is InChI=1S/C28H37N3O8/c1-6-38-23(34)15-16-29-25(35)24(20-9-7-8-10-22(20)33)31(5)26(36)21(30-27(37)39-28(2,3)4)17-18-11-13-19(32)14-12-18/h7-14,21,24,32-33H,6,15-17H2,1-5H3,(H,29,35)(H,30,37). The number of benzene rings is 2. The second-order valence-corrected chi connectivity index (χ2v) is 9.83. The van der Waals surface area contributed by atoms with Crippen LogP contribution in [0.25, 0.3) is 0 Å². The Morgan fingerprint density at radius 1 is 1.00 bits per heavy atom. The number of phenolic OH excluding ortho intramolecular Hbond substituents is 2. The van der Waals surface area contributed by atoms with Gasteiger partial charge in [-0.2, -0.15) is 0 Å². The number of carbonyl (C=O) groups is 4. The Morgan fingerprint density at radius 2 is 1.64 bits per heavy atom. The van der Waals surface area contributed by atoms with Gasteiger partial charge >= 0.3 is 12.1 Å². The van der Waals surface area contributed by atoms with Crippen LogP contribution in [-0.4, -0.2) is 70.8 Å². The number of phenols is 2. The van der Waals surface area contributed by atoms with E-state index in [1.165, 1.54) is 31.3 Å². The highest BCUT2D eigenvalue weighted by atomic mass is 16.6. The maximum atomic E-state index is 13.8.